The van der Waals surface area contributed by atoms with Gasteiger partial charge >= 0.3 is 11.9 Å². The zero-order chi connectivity index (χ0) is 19.9. The molecule has 9 nitrogen and oxygen atoms in total. The topological polar surface area (TPSA) is 95.2 Å². The van der Waals surface area contributed by atoms with Gasteiger partial charge in [0.1, 0.15) is 6.42 Å². The molecular weight excluding hydrogens is 364 g/mol. The molecule has 1 unspecified atom stereocenters. The number of esters is 2. The first kappa shape index (κ1) is 18.4. The molecule has 1 fully saturated rings. The molecular formula is C19H22N4O5. The van der Waals surface area contributed by atoms with Gasteiger partial charge in [0.25, 0.3) is 5.72 Å². The van der Waals surface area contributed by atoms with Crippen LogP contribution in [0.25, 0.3) is 11.0 Å². The van der Waals surface area contributed by atoms with Gasteiger partial charge in [-0.05, 0) is 31.4 Å². The molecule has 9 heteroatoms. The van der Waals surface area contributed by atoms with Crippen LogP contribution >= 0.6 is 0 Å². The molecule has 0 radical (unpaired) electrons. The van der Waals surface area contributed by atoms with Crippen molar-refractivity contribution in [2.24, 2.45) is 4.99 Å². The van der Waals surface area contributed by atoms with Crippen molar-refractivity contribution in [1.82, 2.24) is 14.6 Å². The lowest BCUT2D eigenvalue weighted by Gasteiger charge is -2.29. The Morgan fingerprint density at radius 2 is 2.00 bits per heavy atom. The summed E-state index contributed by atoms with van der Waals surface area (Å²) in [5.41, 5.74) is 0.0139. The zero-order valence-electron chi connectivity index (χ0n) is 16.0. The molecule has 2 heterocycles. The minimum absolute atomic E-state index is 0.312. The number of carbonyl (C=O) groups excluding carboxylic acids is 2. The Hall–Kier alpha value is -2.94. The lowest BCUT2D eigenvalue weighted by molar-refractivity contribution is -0.205. The van der Waals surface area contributed by atoms with Crippen LogP contribution in [0.2, 0.25) is 0 Å². The van der Waals surface area contributed by atoms with Crippen LogP contribution < -0.4 is 0 Å². The van der Waals surface area contributed by atoms with Crippen LogP contribution in [0, 0.1) is 0 Å². The van der Waals surface area contributed by atoms with E-state index in [0.717, 1.165) is 30.3 Å². The van der Waals surface area contributed by atoms with E-state index in [1.807, 2.05) is 24.3 Å². The highest BCUT2D eigenvalue weighted by Crippen LogP contribution is 2.37. The number of hydrogen-bond donors (Lipinski definition) is 0. The number of imidazole rings is 1. The number of ether oxygens (including phenoxy) is 2. The van der Waals surface area contributed by atoms with Gasteiger partial charge in [0.15, 0.2) is 11.7 Å². The van der Waals surface area contributed by atoms with Gasteiger partial charge in [0, 0.05) is 13.1 Å². The number of fused-ring (bicyclic) bond motifs is 1. The van der Waals surface area contributed by atoms with E-state index in [1.165, 1.54) is 19.3 Å². The minimum Gasteiger partial charge on any atom is -0.469 e. The smallest absolute Gasteiger partial charge is 0.364 e. The van der Waals surface area contributed by atoms with Crippen LogP contribution in [-0.2, 0) is 23.9 Å². The Kier molecular flexibility index (Phi) is 4.54. The number of amidine groups is 1. The summed E-state index contributed by atoms with van der Waals surface area (Å²) in [5.74, 6) is -0.427. The number of hydroxylamine groups is 2. The van der Waals surface area contributed by atoms with Gasteiger partial charge in [0.2, 0.25) is 0 Å². The third kappa shape index (κ3) is 2.82. The number of rotatable bonds is 5. The van der Waals surface area contributed by atoms with Crippen molar-refractivity contribution in [3.63, 3.8) is 0 Å². The molecule has 1 atom stereocenters. The summed E-state index contributed by atoms with van der Waals surface area (Å²) in [6, 6.07) is 8.16. The van der Waals surface area contributed by atoms with Gasteiger partial charge in [-0.1, -0.05) is 12.1 Å². The number of carbonyl (C=O) groups is 2. The van der Waals surface area contributed by atoms with E-state index in [-0.39, 0.29) is 0 Å². The summed E-state index contributed by atoms with van der Waals surface area (Å²) in [6.07, 6.45) is 2.86. The van der Waals surface area contributed by atoms with Gasteiger partial charge in [-0.15, -0.1) is 0 Å². The maximum Gasteiger partial charge on any atom is 0.364 e. The number of aliphatic imine (C=N–C) groups is 1. The van der Waals surface area contributed by atoms with Crippen LogP contribution in [0.1, 0.15) is 37.5 Å². The van der Waals surface area contributed by atoms with E-state index in [0.29, 0.717) is 17.7 Å². The predicted molar refractivity (Wildman–Crippen MR) is 99.4 cm³/mol. The summed E-state index contributed by atoms with van der Waals surface area (Å²) in [6.45, 7) is 0. The van der Waals surface area contributed by atoms with Crippen LogP contribution in [0.15, 0.2) is 29.3 Å². The lowest BCUT2D eigenvalue weighted by Crippen LogP contribution is -2.42. The third-order valence-electron chi connectivity index (χ3n) is 5.22. The molecule has 0 saturated heterocycles. The number of benzene rings is 1. The molecule has 0 amide bonds. The highest BCUT2D eigenvalue weighted by Gasteiger charge is 2.51. The van der Waals surface area contributed by atoms with Crippen molar-refractivity contribution in [3.8, 4) is 0 Å². The normalized spacial score (nSPS) is 22.1. The van der Waals surface area contributed by atoms with Crippen LogP contribution in [-0.4, -0.2) is 59.4 Å². The average Bonchev–Trinajstić information content (AvgIpc) is 3.18. The summed E-state index contributed by atoms with van der Waals surface area (Å²) in [4.78, 5) is 39.3. The fraction of sp³-hybridized carbons (Fsp3) is 0.474. The van der Waals surface area contributed by atoms with Gasteiger partial charge < -0.3 is 14.0 Å². The summed E-state index contributed by atoms with van der Waals surface area (Å²) in [5, 5.41) is 1.37. The second-order valence-electron chi connectivity index (χ2n) is 6.93. The van der Waals surface area contributed by atoms with E-state index < -0.39 is 24.1 Å². The second kappa shape index (κ2) is 6.90. The Morgan fingerprint density at radius 3 is 2.64 bits per heavy atom. The number of para-hydroxylation sites is 2. The highest BCUT2D eigenvalue weighted by molar-refractivity contribution is 6.02. The summed E-state index contributed by atoms with van der Waals surface area (Å²) in [7, 11) is 4.10. The Balaban J connectivity index is 1.85. The Morgan fingerprint density at radius 1 is 1.25 bits per heavy atom. The third-order valence-corrected chi connectivity index (χ3v) is 5.22. The molecule has 1 aromatic heterocycles. The first-order valence-electron chi connectivity index (χ1n) is 9.14. The monoisotopic (exact) mass is 386 g/mol. The number of methoxy groups -OCH3 is 2. The largest absolute Gasteiger partial charge is 0.469 e. The molecule has 1 aromatic carbocycles. The molecule has 1 saturated carbocycles. The zero-order valence-corrected chi connectivity index (χ0v) is 16.0. The first-order chi connectivity index (χ1) is 13.5. The highest BCUT2D eigenvalue weighted by atomic mass is 16.7. The Bertz CT molecular complexity index is 964. The quantitative estimate of drug-likeness (QED) is 0.723. The molecule has 4 rings (SSSR count). The fourth-order valence-corrected chi connectivity index (χ4v) is 3.59. The van der Waals surface area contributed by atoms with Crippen molar-refractivity contribution in [1.29, 1.82) is 0 Å². The number of nitrogens with zero attached hydrogens (tertiary/aromatic N) is 4. The lowest BCUT2D eigenvalue weighted by atomic mass is 9.92. The molecule has 2 aromatic rings. The molecule has 1 aliphatic carbocycles. The molecule has 148 valence electrons. The molecule has 1 aliphatic heterocycles. The van der Waals surface area contributed by atoms with Crippen molar-refractivity contribution < 1.29 is 23.9 Å². The average molecular weight is 386 g/mol. The van der Waals surface area contributed by atoms with E-state index in [4.69, 9.17) is 19.3 Å². The predicted octanol–water partition coefficient (Wildman–Crippen LogP) is 1.82. The number of aromatic nitrogens is 2. The maximum atomic E-state index is 12.5. The van der Waals surface area contributed by atoms with E-state index in [2.05, 4.69) is 9.56 Å². The van der Waals surface area contributed by atoms with Crippen molar-refractivity contribution in [3.05, 3.63) is 30.1 Å². The Labute approximate surface area is 161 Å². The van der Waals surface area contributed by atoms with Gasteiger partial charge in [-0.25, -0.2) is 24.7 Å². The second-order valence-corrected chi connectivity index (χ2v) is 6.93. The van der Waals surface area contributed by atoms with Crippen LogP contribution in [0.4, 0.5) is 0 Å². The molecule has 0 spiro atoms. The SMILES string of the molecule is COC(=O)CC1(C(=O)OC)N=C(c2nc3ccccc3n2C2CCC2)N(C)O1. The fourth-order valence-electron chi connectivity index (χ4n) is 3.59. The van der Waals surface area contributed by atoms with Crippen LogP contribution in [0.5, 0.6) is 0 Å². The van der Waals surface area contributed by atoms with Crippen molar-refractivity contribution in [2.45, 2.75) is 37.5 Å². The summed E-state index contributed by atoms with van der Waals surface area (Å²) >= 11 is 0. The van der Waals surface area contributed by atoms with Gasteiger partial charge in [-0.3, -0.25) is 4.79 Å². The first-order valence-corrected chi connectivity index (χ1v) is 9.14. The van der Waals surface area contributed by atoms with Crippen LogP contribution in [0.3, 0.4) is 0 Å². The molecule has 2 aliphatic rings. The van der Waals surface area contributed by atoms with Gasteiger partial charge in [-0.2, -0.15) is 0 Å². The minimum atomic E-state index is -1.82. The van der Waals surface area contributed by atoms with E-state index in [9.17, 15) is 9.59 Å². The van der Waals surface area contributed by atoms with E-state index in [1.54, 1.807) is 7.05 Å². The summed E-state index contributed by atoms with van der Waals surface area (Å²) < 4.78 is 11.7. The van der Waals surface area contributed by atoms with Crippen molar-refractivity contribution in [2.75, 3.05) is 21.3 Å². The molecule has 0 N–H and O–H groups in total. The molecule has 28 heavy (non-hydrogen) atoms. The van der Waals surface area contributed by atoms with Crippen molar-refractivity contribution >= 4 is 28.8 Å². The van der Waals surface area contributed by atoms with Gasteiger partial charge in [0.05, 0.1) is 25.3 Å². The molecule has 0 bridgehead atoms. The maximum absolute atomic E-state index is 12.5. The standard InChI is InChI=1S/C19H22N4O5/c1-22-17(21-19(28-22,18(25)27-3)11-15(24)26-2)16-20-13-9-4-5-10-14(13)23(16)12-7-6-8-12/h4-5,9-10,12H,6-8,11H2,1-3H3. The van der Waals surface area contributed by atoms with E-state index >= 15 is 0 Å². The number of hydrogen-bond acceptors (Lipinski definition) is 8.